The molecule has 156 valence electrons. The molecule has 1 fully saturated rings. The molecule has 1 aromatic heterocycles. The third kappa shape index (κ3) is 5.34. The number of nitrogens with one attached hydrogen (secondary N) is 1. The number of piperidine rings is 1. The van der Waals surface area contributed by atoms with Crippen LogP contribution in [0.15, 0.2) is 0 Å². The number of aryl methyl sites for hydroxylation is 1. The zero-order valence-electron chi connectivity index (χ0n) is 18.0. The van der Waals surface area contributed by atoms with Gasteiger partial charge in [-0.15, -0.1) is 11.3 Å². The minimum absolute atomic E-state index is 0.170. The van der Waals surface area contributed by atoms with Crippen LogP contribution in [0.4, 0.5) is 5.00 Å². The number of amides is 2. The zero-order valence-corrected chi connectivity index (χ0v) is 18.8. The van der Waals surface area contributed by atoms with Crippen LogP contribution < -0.4 is 5.32 Å². The summed E-state index contributed by atoms with van der Waals surface area (Å²) in [6.45, 7) is 14.5. The summed E-state index contributed by atoms with van der Waals surface area (Å²) in [5.41, 5.74) is 0.532. The van der Waals surface area contributed by atoms with E-state index in [9.17, 15) is 14.4 Å². The fraction of sp³-hybridized carbons (Fsp3) is 0.667. The lowest BCUT2D eigenvalue weighted by atomic mass is 9.92. The van der Waals surface area contributed by atoms with Crippen molar-refractivity contribution >= 4 is 34.1 Å². The molecule has 1 aliphatic rings. The van der Waals surface area contributed by atoms with Crippen molar-refractivity contribution in [1.29, 1.82) is 0 Å². The molecule has 0 bridgehead atoms. The number of likely N-dealkylation sites (tertiary alicyclic amines) is 1. The van der Waals surface area contributed by atoms with Crippen molar-refractivity contribution in [1.82, 2.24) is 4.90 Å². The maximum atomic E-state index is 12.7. The summed E-state index contributed by atoms with van der Waals surface area (Å²) >= 11 is 1.35. The number of hydrogen-bond acceptors (Lipinski definition) is 5. The molecule has 2 heterocycles. The minimum atomic E-state index is -0.579. The molecule has 0 radical (unpaired) electrons. The Bertz CT molecular complexity index is 753. The normalized spacial score (nSPS) is 20.0. The van der Waals surface area contributed by atoms with Crippen molar-refractivity contribution in [3.8, 4) is 0 Å². The first kappa shape index (κ1) is 22.4. The van der Waals surface area contributed by atoms with E-state index in [1.54, 1.807) is 4.90 Å². The topological polar surface area (TPSA) is 75.7 Å². The van der Waals surface area contributed by atoms with Gasteiger partial charge in [-0.1, -0.05) is 34.6 Å². The fourth-order valence-corrected chi connectivity index (χ4v) is 4.45. The van der Waals surface area contributed by atoms with Crippen LogP contribution in [0.2, 0.25) is 0 Å². The van der Waals surface area contributed by atoms with Gasteiger partial charge in [0.1, 0.15) is 5.00 Å². The first-order valence-corrected chi connectivity index (χ1v) is 10.6. The third-order valence-corrected chi connectivity index (χ3v) is 6.17. The van der Waals surface area contributed by atoms with Crippen LogP contribution in [-0.2, 0) is 14.3 Å². The quantitative estimate of drug-likeness (QED) is 0.764. The van der Waals surface area contributed by atoms with E-state index >= 15 is 0 Å². The van der Waals surface area contributed by atoms with Crippen LogP contribution in [-0.4, -0.2) is 42.4 Å². The maximum Gasteiger partial charge on any atom is 0.341 e. The number of carbonyl (C=O) groups excluding carboxylic acids is 3. The summed E-state index contributed by atoms with van der Waals surface area (Å²) in [4.78, 5) is 40.3. The molecule has 2 amide bonds. The molecule has 1 saturated heterocycles. The summed E-state index contributed by atoms with van der Waals surface area (Å²) in [5, 5.41) is 3.32. The van der Waals surface area contributed by atoms with Crippen molar-refractivity contribution in [3.63, 3.8) is 0 Å². The SMILES string of the molecule is Cc1sc(NC(=O)C(C)(C)C)c(C(=O)OCC(=O)N2CC(C)CC(C)C2)c1C. The second kappa shape index (κ2) is 8.64. The van der Waals surface area contributed by atoms with Gasteiger partial charge in [-0.05, 0) is 37.7 Å². The van der Waals surface area contributed by atoms with Gasteiger partial charge in [-0.3, -0.25) is 9.59 Å². The number of rotatable bonds is 4. The van der Waals surface area contributed by atoms with Crippen LogP contribution >= 0.6 is 11.3 Å². The number of anilines is 1. The average molecular weight is 409 g/mol. The van der Waals surface area contributed by atoms with Crippen molar-refractivity contribution in [3.05, 3.63) is 16.0 Å². The molecular formula is C21H32N2O4S. The molecule has 0 saturated carbocycles. The van der Waals surface area contributed by atoms with Crippen molar-refractivity contribution < 1.29 is 19.1 Å². The lowest BCUT2D eigenvalue weighted by Gasteiger charge is -2.34. The second-order valence-corrected chi connectivity index (χ2v) is 10.2. The highest BCUT2D eigenvalue weighted by atomic mass is 32.1. The number of esters is 1. The fourth-order valence-electron chi connectivity index (χ4n) is 3.41. The molecule has 0 spiro atoms. The minimum Gasteiger partial charge on any atom is -0.452 e. The molecule has 7 heteroatoms. The molecule has 2 rings (SSSR count). The van der Waals surface area contributed by atoms with Gasteiger partial charge in [0.05, 0.1) is 5.56 Å². The molecule has 0 aromatic carbocycles. The highest BCUT2D eigenvalue weighted by molar-refractivity contribution is 7.16. The van der Waals surface area contributed by atoms with E-state index in [1.165, 1.54) is 11.3 Å². The molecule has 2 atom stereocenters. The lowest BCUT2D eigenvalue weighted by Crippen LogP contribution is -2.44. The maximum absolute atomic E-state index is 12.7. The number of nitrogens with zero attached hydrogens (tertiary/aromatic N) is 1. The smallest absolute Gasteiger partial charge is 0.341 e. The monoisotopic (exact) mass is 408 g/mol. The van der Waals surface area contributed by atoms with E-state index in [2.05, 4.69) is 19.2 Å². The van der Waals surface area contributed by atoms with E-state index in [1.807, 2.05) is 34.6 Å². The molecule has 0 aliphatic carbocycles. The van der Waals surface area contributed by atoms with Gasteiger partial charge in [0, 0.05) is 23.4 Å². The van der Waals surface area contributed by atoms with Gasteiger partial charge < -0.3 is 15.0 Å². The van der Waals surface area contributed by atoms with E-state index in [0.29, 0.717) is 35.5 Å². The Morgan fingerprint density at radius 3 is 2.25 bits per heavy atom. The Labute approximate surface area is 171 Å². The average Bonchev–Trinajstić information content (AvgIpc) is 2.84. The highest BCUT2D eigenvalue weighted by Crippen LogP contribution is 2.34. The number of thiophene rings is 1. The van der Waals surface area contributed by atoms with Gasteiger partial charge >= 0.3 is 5.97 Å². The molecule has 1 aliphatic heterocycles. The Hall–Kier alpha value is -1.89. The summed E-state index contributed by atoms with van der Waals surface area (Å²) in [7, 11) is 0. The summed E-state index contributed by atoms with van der Waals surface area (Å²) < 4.78 is 5.34. The summed E-state index contributed by atoms with van der Waals surface area (Å²) in [6, 6.07) is 0. The molecule has 6 nitrogen and oxygen atoms in total. The van der Waals surface area contributed by atoms with Gasteiger partial charge in [-0.25, -0.2) is 4.79 Å². The standard InChI is InChI=1S/C21H32N2O4S/c1-12-8-13(2)10-23(9-12)16(24)11-27-19(25)17-14(3)15(4)28-18(17)22-20(26)21(5,6)7/h12-13H,8-11H2,1-7H3,(H,22,26). The molecule has 1 aromatic rings. The van der Waals surface area contributed by atoms with Crippen LogP contribution in [0.25, 0.3) is 0 Å². The van der Waals surface area contributed by atoms with E-state index in [-0.39, 0.29) is 18.4 Å². The van der Waals surface area contributed by atoms with E-state index in [4.69, 9.17) is 4.74 Å². The van der Waals surface area contributed by atoms with E-state index in [0.717, 1.165) is 16.9 Å². The Kier molecular flexibility index (Phi) is 6.91. The van der Waals surface area contributed by atoms with Crippen molar-refractivity contribution in [2.75, 3.05) is 25.0 Å². The first-order chi connectivity index (χ1) is 12.9. The predicted octanol–water partition coefficient (Wildman–Crippen LogP) is 4.01. The van der Waals surface area contributed by atoms with Crippen LogP contribution in [0, 0.1) is 31.1 Å². The van der Waals surface area contributed by atoms with Gasteiger partial charge in [-0.2, -0.15) is 0 Å². The molecular weight excluding hydrogens is 376 g/mol. The second-order valence-electron chi connectivity index (χ2n) is 9.01. The number of ether oxygens (including phenoxy) is 1. The summed E-state index contributed by atoms with van der Waals surface area (Å²) in [6.07, 6.45) is 1.10. The molecule has 28 heavy (non-hydrogen) atoms. The highest BCUT2D eigenvalue weighted by Gasteiger charge is 2.29. The Morgan fingerprint density at radius 1 is 1.14 bits per heavy atom. The number of carbonyl (C=O) groups is 3. The predicted molar refractivity (Wildman–Crippen MR) is 112 cm³/mol. The first-order valence-electron chi connectivity index (χ1n) is 9.76. The molecule has 1 N–H and O–H groups in total. The third-order valence-electron chi connectivity index (χ3n) is 5.05. The van der Waals surface area contributed by atoms with Crippen molar-refractivity contribution in [2.24, 2.45) is 17.3 Å². The van der Waals surface area contributed by atoms with Crippen LogP contribution in [0.3, 0.4) is 0 Å². The van der Waals surface area contributed by atoms with Crippen LogP contribution in [0.1, 0.15) is 61.8 Å². The lowest BCUT2D eigenvalue weighted by molar-refractivity contribution is -0.137. The Balaban J connectivity index is 2.07. The Morgan fingerprint density at radius 2 is 1.71 bits per heavy atom. The molecule has 2 unspecified atom stereocenters. The van der Waals surface area contributed by atoms with Crippen LogP contribution in [0.5, 0.6) is 0 Å². The van der Waals surface area contributed by atoms with Gasteiger partial charge in [0.2, 0.25) is 5.91 Å². The van der Waals surface area contributed by atoms with Crippen molar-refractivity contribution in [2.45, 2.75) is 54.9 Å². The largest absolute Gasteiger partial charge is 0.452 e. The zero-order chi connectivity index (χ0) is 21.2. The van der Waals surface area contributed by atoms with Gasteiger partial charge in [0.15, 0.2) is 6.61 Å². The summed E-state index contributed by atoms with van der Waals surface area (Å²) in [5.74, 6) is -0.0157. The van der Waals surface area contributed by atoms with Gasteiger partial charge in [0.25, 0.3) is 5.91 Å². The number of hydrogen-bond donors (Lipinski definition) is 1. The van der Waals surface area contributed by atoms with E-state index < -0.39 is 11.4 Å².